The summed E-state index contributed by atoms with van der Waals surface area (Å²) in [5.74, 6) is 0.810. The molecule has 3 aromatic heterocycles. The largest absolute Gasteiger partial charge is 0.487 e. The lowest BCUT2D eigenvalue weighted by Gasteiger charge is -2.10. The highest BCUT2D eigenvalue weighted by Gasteiger charge is 2.12. The van der Waals surface area contributed by atoms with Crippen LogP contribution in [0.15, 0.2) is 60.6 Å². The molecular formula is C19H16N6O2S. The minimum absolute atomic E-state index is 0.274. The van der Waals surface area contributed by atoms with Crippen LogP contribution in [0.3, 0.4) is 0 Å². The second kappa shape index (κ2) is 7.97. The van der Waals surface area contributed by atoms with Gasteiger partial charge in [-0.25, -0.2) is 19.6 Å². The van der Waals surface area contributed by atoms with Gasteiger partial charge in [-0.1, -0.05) is 6.07 Å². The van der Waals surface area contributed by atoms with E-state index in [1.165, 1.54) is 17.3 Å². The van der Waals surface area contributed by atoms with Crippen molar-refractivity contribution in [2.24, 2.45) is 0 Å². The fourth-order valence-electron chi connectivity index (χ4n) is 2.55. The van der Waals surface area contributed by atoms with Crippen molar-refractivity contribution in [2.45, 2.75) is 13.5 Å². The smallest absolute Gasteiger partial charge is 0.255 e. The zero-order valence-electron chi connectivity index (χ0n) is 14.9. The fraction of sp³-hybridized carbons (Fsp3) is 0.105. The van der Waals surface area contributed by atoms with Crippen LogP contribution in [0.4, 0.5) is 5.69 Å². The number of amides is 1. The first-order chi connectivity index (χ1) is 13.7. The van der Waals surface area contributed by atoms with Crippen LogP contribution < -0.4 is 10.1 Å². The Hall–Kier alpha value is -3.59. The van der Waals surface area contributed by atoms with Crippen LogP contribution in [0.25, 0.3) is 5.82 Å². The van der Waals surface area contributed by atoms with Crippen molar-refractivity contribution in [1.82, 2.24) is 24.7 Å². The summed E-state index contributed by atoms with van der Waals surface area (Å²) in [5.41, 5.74) is 1.87. The van der Waals surface area contributed by atoms with Gasteiger partial charge < -0.3 is 10.1 Å². The van der Waals surface area contributed by atoms with Gasteiger partial charge >= 0.3 is 0 Å². The van der Waals surface area contributed by atoms with Gasteiger partial charge in [0.2, 0.25) is 0 Å². The van der Waals surface area contributed by atoms with Crippen LogP contribution in [0.5, 0.6) is 5.75 Å². The van der Waals surface area contributed by atoms with E-state index in [9.17, 15) is 4.79 Å². The zero-order valence-corrected chi connectivity index (χ0v) is 15.8. The number of pyridine rings is 1. The van der Waals surface area contributed by atoms with Crippen LogP contribution in [0.2, 0.25) is 0 Å². The predicted octanol–water partition coefficient (Wildman–Crippen LogP) is 3.26. The quantitative estimate of drug-likeness (QED) is 0.541. The summed E-state index contributed by atoms with van der Waals surface area (Å²) in [6.45, 7) is 2.31. The van der Waals surface area contributed by atoms with Crippen molar-refractivity contribution >= 4 is 22.9 Å². The van der Waals surface area contributed by atoms with Crippen molar-refractivity contribution in [3.8, 4) is 11.6 Å². The van der Waals surface area contributed by atoms with E-state index in [2.05, 4.69) is 25.4 Å². The van der Waals surface area contributed by atoms with E-state index in [1.807, 2.05) is 12.3 Å². The number of rotatable bonds is 6. The Labute approximate surface area is 164 Å². The molecule has 0 bridgehead atoms. The number of anilines is 1. The fourth-order valence-corrected chi connectivity index (χ4v) is 3.15. The molecule has 1 N–H and O–H groups in total. The van der Waals surface area contributed by atoms with Crippen LogP contribution in [-0.2, 0) is 6.61 Å². The highest BCUT2D eigenvalue weighted by molar-refractivity contribution is 7.09. The summed E-state index contributed by atoms with van der Waals surface area (Å²) < 4.78 is 7.25. The number of aryl methyl sites for hydroxylation is 1. The number of nitrogens with one attached hydrogen (secondary N) is 1. The number of aromatic nitrogens is 5. The van der Waals surface area contributed by atoms with E-state index in [0.29, 0.717) is 29.4 Å². The zero-order chi connectivity index (χ0) is 19.3. The molecule has 0 aliphatic heterocycles. The van der Waals surface area contributed by atoms with E-state index < -0.39 is 0 Å². The number of carbonyl (C=O) groups excluding carboxylic acids is 1. The van der Waals surface area contributed by atoms with Gasteiger partial charge in [0, 0.05) is 17.1 Å². The number of nitrogens with zero attached hydrogens (tertiary/aromatic N) is 5. The Morgan fingerprint density at radius 2 is 2.21 bits per heavy atom. The molecule has 0 atom stereocenters. The van der Waals surface area contributed by atoms with Gasteiger partial charge in [0.05, 0.1) is 16.4 Å². The maximum atomic E-state index is 12.7. The third kappa shape index (κ3) is 4.04. The van der Waals surface area contributed by atoms with Crippen LogP contribution >= 0.6 is 11.3 Å². The van der Waals surface area contributed by atoms with Crippen LogP contribution in [0, 0.1) is 6.92 Å². The lowest BCUT2D eigenvalue weighted by Crippen LogP contribution is -2.15. The summed E-state index contributed by atoms with van der Waals surface area (Å²) in [6.07, 6.45) is 4.55. The Morgan fingerprint density at radius 1 is 1.29 bits per heavy atom. The van der Waals surface area contributed by atoms with Crippen LogP contribution in [-0.4, -0.2) is 30.6 Å². The number of benzene rings is 1. The van der Waals surface area contributed by atoms with E-state index in [1.54, 1.807) is 53.9 Å². The molecule has 8 nitrogen and oxygen atoms in total. The summed E-state index contributed by atoms with van der Waals surface area (Å²) in [6, 6.07) is 10.5. The lowest BCUT2D eigenvalue weighted by molar-refractivity contribution is 0.102. The van der Waals surface area contributed by atoms with Gasteiger partial charge in [0.25, 0.3) is 5.91 Å². The van der Waals surface area contributed by atoms with Gasteiger partial charge in [-0.15, -0.1) is 11.3 Å². The summed E-state index contributed by atoms with van der Waals surface area (Å²) in [7, 11) is 0. The Balaban J connectivity index is 1.48. The molecule has 0 saturated heterocycles. The summed E-state index contributed by atoms with van der Waals surface area (Å²) >= 11 is 1.58. The molecular weight excluding hydrogens is 376 g/mol. The molecule has 0 unspecified atom stereocenters. The molecule has 9 heteroatoms. The van der Waals surface area contributed by atoms with Crippen molar-refractivity contribution in [3.05, 3.63) is 76.9 Å². The van der Waals surface area contributed by atoms with E-state index >= 15 is 0 Å². The number of hydrogen-bond acceptors (Lipinski definition) is 7. The maximum Gasteiger partial charge on any atom is 0.255 e. The SMILES string of the molecule is Cc1nc(COc2cccc(C(=O)Nc3cccnc3-n3cncn3)c2)cs1. The molecule has 0 aliphatic rings. The first-order valence-electron chi connectivity index (χ1n) is 8.44. The standard InChI is InChI=1S/C19H16N6O2S/c1-13-23-15(10-28-13)9-27-16-5-2-4-14(8-16)19(26)24-17-6-3-7-21-18(17)25-12-20-11-22-25/h2-8,10-12H,9H2,1H3,(H,24,26). The minimum Gasteiger partial charge on any atom is -0.487 e. The third-order valence-electron chi connectivity index (χ3n) is 3.82. The number of hydrogen-bond donors (Lipinski definition) is 1. The maximum absolute atomic E-state index is 12.7. The lowest BCUT2D eigenvalue weighted by atomic mass is 10.2. The second-order valence-electron chi connectivity index (χ2n) is 5.84. The Morgan fingerprint density at radius 3 is 3.00 bits per heavy atom. The Kier molecular flexibility index (Phi) is 5.07. The van der Waals surface area contributed by atoms with Crippen molar-refractivity contribution < 1.29 is 9.53 Å². The highest BCUT2D eigenvalue weighted by atomic mass is 32.1. The molecule has 0 fully saturated rings. The number of thiazole rings is 1. The van der Waals surface area contributed by atoms with Crippen molar-refractivity contribution in [2.75, 3.05) is 5.32 Å². The molecule has 3 heterocycles. The molecule has 0 saturated carbocycles. The first-order valence-corrected chi connectivity index (χ1v) is 9.32. The normalized spacial score (nSPS) is 10.6. The molecule has 4 aromatic rings. The van der Waals surface area contributed by atoms with Gasteiger partial charge in [0.15, 0.2) is 5.82 Å². The molecule has 0 spiro atoms. The van der Waals surface area contributed by atoms with Crippen molar-refractivity contribution in [3.63, 3.8) is 0 Å². The highest BCUT2D eigenvalue weighted by Crippen LogP contribution is 2.20. The van der Waals surface area contributed by atoms with Gasteiger partial charge in [-0.3, -0.25) is 4.79 Å². The van der Waals surface area contributed by atoms with E-state index in [-0.39, 0.29) is 5.91 Å². The molecule has 140 valence electrons. The number of ether oxygens (including phenoxy) is 1. The van der Waals surface area contributed by atoms with Gasteiger partial charge in [-0.2, -0.15) is 5.10 Å². The minimum atomic E-state index is -0.274. The van der Waals surface area contributed by atoms with E-state index in [0.717, 1.165) is 10.7 Å². The molecule has 0 radical (unpaired) electrons. The molecule has 28 heavy (non-hydrogen) atoms. The molecule has 0 aliphatic carbocycles. The predicted molar refractivity (Wildman–Crippen MR) is 105 cm³/mol. The van der Waals surface area contributed by atoms with E-state index in [4.69, 9.17) is 4.74 Å². The molecule has 1 aromatic carbocycles. The summed E-state index contributed by atoms with van der Waals surface area (Å²) in [5, 5.41) is 9.88. The average molecular weight is 392 g/mol. The van der Waals surface area contributed by atoms with Gasteiger partial charge in [-0.05, 0) is 37.3 Å². The average Bonchev–Trinajstić information content (AvgIpc) is 3.39. The Bertz CT molecular complexity index is 1090. The van der Waals surface area contributed by atoms with Crippen molar-refractivity contribution in [1.29, 1.82) is 0 Å². The first kappa shape index (κ1) is 17.8. The monoisotopic (exact) mass is 392 g/mol. The van der Waals surface area contributed by atoms with Gasteiger partial charge in [0.1, 0.15) is 25.0 Å². The molecule has 1 amide bonds. The second-order valence-corrected chi connectivity index (χ2v) is 6.91. The topological polar surface area (TPSA) is 94.8 Å². The van der Waals surface area contributed by atoms with Crippen LogP contribution in [0.1, 0.15) is 21.1 Å². The number of carbonyl (C=O) groups is 1. The third-order valence-corrected chi connectivity index (χ3v) is 4.64. The molecule has 4 rings (SSSR count). The summed E-state index contributed by atoms with van der Waals surface area (Å²) in [4.78, 5) is 25.3.